The van der Waals surface area contributed by atoms with Crippen molar-refractivity contribution in [3.63, 3.8) is 0 Å². The molecule has 0 bridgehead atoms. The van der Waals surface area contributed by atoms with E-state index in [-0.39, 0.29) is 43.7 Å². The van der Waals surface area contributed by atoms with E-state index < -0.39 is 43.8 Å². The molecular weight excluding hydrogens is 750 g/mol. The molecule has 56 heavy (non-hydrogen) atoms. The molecule has 1 fully saturated rings. The number of aromatic amines is 1. The molecule has 0 spiro atoms. The van der Waals surface area contributed by atoms with E-state index in [9.17, 15) is 14.9 Å². The Morgan fingerprint density at radius 2 is 1.68 bits per heavy atom. The van der Waals surface area contributed by atoms with Gasteiger partial charge >= 0.3 is 5.69 Å². The van der Waals surface area contributed by atoms with Gasteiger partial charge in [0.15, 0.2) is 0 Å². The van der Waals surface area contributed by atoms with Gasteiger partial charge in [-0.1, -0.05) is 72.3 Å². The van der Waals surface area contributed by atoms with Crippen molar-refractivity contribution >= 4 is 19.9 Å². The number of ether oxygens (including phenoxy) is 3. The van der Waals surface area contributed by atoms with Crippen LogP contribution in [0.5, 0.6) is 5.75 Å². The summed E-state index contributed by atoms with van der Waals surface area (Å²) < 4.78 is 36.4. The third kappa shape index (κ3) is 9.03. The van der Waals surface area contributed by atoms with Gasteiger partial charge in [-0.2, -0.15) is 5.26 Å². The maximum absolute atomic E-state index is 13.5. The number of rotatable bonds is 17. The number of hydrogen-bond acceptors (Lipinski definition) is 11. The van der Waals surface area contributed by atoms with Crippen molar-refractivity contribution in [2.45, 2.75) is 83.6 Å². The molecule has 294 valence electrons. The number of thiazole rings is 1. The largest absolute Gasteiger partial charge is 0.497 e. The van der Waals surface area contributed by atoms with Crippen molar-refractivity contribution in [2.24, 2.45) is 0 Å². The Kier molecular flexibility index (Phi) is 13.7. The maximum atomic E-state index is 13.5. The monoisotopic (exact) mass is 797 g/mol. The van der Waals surface area contributed by atoms with Crippen LogP contribution >= 0.6 is 19.9 Å². The first-order chi connectivity index (χ1) is 27.0. The lowest BCUT2D eigenvalue weighted by Gasteiger charge is -2.39. The van der Waals surface area contributed by atoms with Crippen molar-refractivity contribution in [3.8, 4) is 22.4 Å². The normalized spacial score (nSPS) is 18.6. The van der Waals surface area contributed by atoms with Gasteiger partial charge in [-0.15, -0.1) is 11.3 Å². The summed E-state index contributed by atoms with van der Waals surface area (Å²) in [6, 6.07) is 28.4. The summed E-state index contributed by atoms with van der Waals surface area (Å²) in [5.74, 6) is 0.711. The van der Waals surface area contributed by atoms with E-state index in [1.807, 2.05) is 61.5 Å². The smallest absolute Gasteiger partial charge is 0.330 e. The third-order valence-electron chi connectivity index (χ3n) is 9.61. The summed E-state index contributed by atoms with van der Waals surface area (Å²) in [5.41, 5.74) is 1.80. The van der Waals surface area contributed by atoms with Gasteiger partial charge in [0, 0.05) is 36.3 Å². The topological polar surface area (TPSA) is 141 Å². The lowest BCUT2D eigenvalue weighted by molar-refractivity contribution is -0.0925. The van der Waals surface area contributed by atoms with Crippen LogP contribution in [0.1, 0.15) is 69.0 Å². The molecule has 1 aliphatic heterocycles. The molecule has 5 atom stereocenters. The summed E-state index contributed by atoms with van der Waals surface area (Å²) in [6.45, 7) is 10.6. The van der Waals surface area contributed by atoms with Crippen molar-refractivity contribution < 1.29 is 23.3 Å². The average molecular weight is 798 g/mol. The van der Waals surface area contributed by atoms with E-state index in [0.717, 1.165) is 22.3 Å². The highest BCUT2D eigenvalue weighted by Gasteiger charge is 2.45. The van der Waals surface area contributed by atoms with Crippen LogP contribution in [0.25, 0.3) is 10.6 Å². The first-order valence-electron chi connectivity index (χ1n) is 18.6. The molecule has 1 N–H and O–H groups in total. The van der Waals surface area contributed by atoms with Gasteiger partial charge in [0.2, 0.25) is 0 Å². The molecule has 1 aliphatic rings. The second-order valence-electron chi connectivity index (χ2n) is 14.1. The molecule has 12 nitrogen and oxygen atoms in total. The second-order valence-corrected chi connectivity index (χ2v) is 16.4. The van der Waals surface area contributed by atoms with Crippen LogP contribution in [0.3, 0.4) is 0 Å². The quantitative estimate of drug-likeness (QED) is 0.0560. The van der Waals surface area contributed by atoms with E-state index >= 15 is 0 Å². The number of benzene rings is 3. The van der Waals surface area contributed by atoms with E-state index in [2.05, 4.69) is 72.7 Å². The molecule has 0 radical (unpaired) electrons. The van der Waals surface area contributed by atoms with Crippen molar-refractivity contribution in [3.05, 3.63) is 140 Å². The minimum Gasteiger partial charge on any atom is -0.497 e. The first kappa shape index (κ1) is 41.1. The predicted molar refractivity (Wildman–Crippen MR) is 217 cm³/mol. The number of nitriles is 1. The van der Waals surface area contributed by atoms with Crippen LogP contribution in [-0.2, 0) is 24.1 Å². The number of aromatic nitrogens is 3. The summed E-state index contributed by atoms with van der Waals surface area (Å²) in [6.07, 6.45) is 1.39. The van der Waals surface area contributed by atoms with E-state index in [1.54, 1.807) is 18.7 Å². The summed E-state index contributed by atoms with van der Waals surface area (Å²) >= 11 is 1.30. The number of methoxy groups -OCH3 is 1. The van der Waals surface area contributed by atoms with Gasteiger partial charge in [0.1, 0.15) is 28.7 Å². The molecule has 0 saturated carbocycles. The zero-order chi connectivity index (χ0) is 39.8. The average Bonchev–Trinajstić information content (AvgIpc) is 3.87. The summed E-state index contributed by atoms with van der Waals surface area (Å²) in [5, 5.41) is 11.6. The zero-order valence-corrected chi connectivity index (χ0v) is 34.2. The van der Waals surface area contributed by atoms with Gasteiger partial charge in [0.05, 0.1) is 44.5 Å². The fourth-order valence-corrected chi connectivity index (χ4v) is 9.40. The molecule has 1 saturated heterocycles. The Labute approximate surface area is 332 Å². The fraction of sp³-hybridized carbons (Fsp3) is 0.381. The highest BCUT2D eigenvalue weighted by Crippen LogP contribution is 2.50. The standard InChI is InChI=1S/C42H48N5O7PS/c1-28(2)47(29(3)4)55(52-23-10-21-43)54-36-25-38(46-26-35(39(48)45-41(46)49)40-44-22-24-56-40)53-37(36)27-51-42(31-11-8-7-9-12-31,32-15-13-30(5)14-16-32)33-17-19-34(50-6)20-18-33/h7-9,11-20,22,24,26,28-29,36-38H,10,23,25,27H2,1-6H3,(H,45,48,49). The third-order valence-corrected chi connectivity index (χ3v) is 12.6. The molecule has 0 amide bonds. The van der Waals surface area contributed by atoms with Gasteiger partial charge < -0.3 is 23.3 Å². The fourth-order valence-electron chi connectivity index (χ4n) is 6.99. The summed E-state index contributed by atoms with van der Waals surface area (Å²) in [7, 11) is -0.0544. The van der Waals surface area contributed by atoms with Crippen molar-refractivity contribution in [1.29, 1.82) is 5.26 Å². The van der Waals surface area contributed by atoms with E-state index in [4.69, 9.17) is 23.3 Å². The van der Waals surface area contributed by atoms with Crippen molar-refractivity contribution in [2.75, 3.05) is 20.3 Å². The molecule has 5 aromatic rings. The molecule has 14 heteroatoms. The zero-order valence-electron chi connectivity index (χ0n) is 32.5. The van der Waals surface area contributed by atoms with Gasteiger partial charge in [0.25, 0.3) is 14.1 Å². The van der Waals surface area contributed by atoms with Crippen LogP contribution in [0.2, 0.25) is 0 Å². The Bertz CT molecular complexity index is 2160. The van der Waals surface area contributed by atoms with Gasteiger partial charge in [-0.25, -0.2) is 14.4 Å². The maximum Gasteiger partial charge on any atom is 0.330 e. The van der Waals surface area contributed by atoms with Crippen LogP contribution in [-0.4, -0.2) is 63.8 Å². The molecule has 0 aliphatic carbocycles. The molecule has 3 aromatic carbocycles. The number of aryl methyl sites for hydroxylation is 1. The molecule has 2 aromatic heterocycles. The molecule has 3 heterocycles. The van der Waals surface area contributed by atoms with Crippen LogP contribution < -0.4 is 16.0 Å². The lowest BCUT2D eigenvalue weighted by atomic mass is 9.79. The Morgan fingerprint density at radius 3 is 2.29 bits per heavy atom. The second kappa shape index (κ2) is 18.6. The van der Waals surface area contributed by atoms with Crippen molar-refractivity contribution in [1.82, 2.24) is 19.2 Å². The minimum atomic E-state index is -1.69. The Hall–Kier alpha value is -4.51. The summed E-state index contributed by atoms with van der Waals surface area (Å²) in [4.78, 5) is 33.2. The van der Waals surface area contributed by atoms with E-state index in [0.29, 0.717) is 10.8 Å². The van der Waals surface area contributed by atoms with Crippen LogP contribution in [0.15, 0.2) is 106 Å². The first-order valence-corrected chi connectivity index (χ1v) is 20.6. The number of H-pyrrole nitrogens is 1. The molecular formula is C42H48N5O7PS. The predicted octanol–water partition coefficient (Wildman–Crippen LogP) is 7.93. The number of nitrogens with zero attached hydrogens (tertiary/aromatic N) is 4. The SMILES string of the molecule is COc1ccc(C(OCC2OC(n3cc(-c4nccs4)c(=O)[nH]c3=O)CC2OP(OCCC#N)N(C(C)C)C(C)C)(c2ccccc2)c2ccc(C)cc2)cc1. The molecule has 5 unspecified atom stereocenters. The Morgan fingerprint density at radius 1 is 1.02 bits per heavy atom. The Balaban J connectivity index is 1.44. The number of hydrogen-bond donors (Lipinski definition) is 1. The highest BCUT2D eigenvalue weighted by molar-refractivity contribution is 7.44. The minimum absolute atomic E-state index is 0.0398. The van der Waals surface area contributed by atoms with Crippen LogP contribution in [0.4, 0.5) is 0 Å². The van der Waals surface area contributed by atoms with E-state index in [1.165, 1.54) is 22.1 Å². The lowest BCUT2D eigenvalue weighted by Crippen LogP contribution is -2.39. The van der Waals surface area contributed by atoms with Crippen LogP contribution in [0, 0.1) is 18.3 Å². The molecule has 6 rings (SSSR count). The van der Waals surface area contributed by atoms with Gasteiger partial charge in [-0.3, -0.25) is 14.3 Å². The highest BCUT2D eigenvalue weighted by atomic mass is 32.1. The number of nitrogens with one attached hydrogen (secondary N) is 1. The van der Waals surface area contributed by atoms with Gasteiger partial charge in [-0.05, 0) is 63.4 Å².